The Hall–Kier alpha value is -3.55. The summed E-state index contributed by atoms with van der Waals surface area (Å²) in [5.41, 5.74) is 3.17. The van der Waals surface area contributed by atoms with Crippen molar-refractivity contribution >= 4 is 35.0 Å². The molecule has 2 aliphatic rings. The Morgan fingerprint density at radius 2 is 1.70 bits per heavy atom. The Morgan fingerprint density at radius 3 is 2.38 bits per heavy atom. The second-order valence-corrected chi connectivity index (χ2v) is 10.9. The van der Waals surface area contributed by atoms with Crippen LogP contribution in [0.2, 0.25) is 0 Å². The van der Waals surface area contributed by atoms with E-state index in [-0.39, 0.29) is 35.9 Å². The number of hydrogen-bond acceptors (Lipinski definition) is 5. The van der Waals surface area contributed by atoms with Gasteiger partial charge in [-0.1, -0.05) is 25.1 Å². The fourth-order valence-electron chi connectivity index (χ4n) is 5.06. The number of amides is 3. The van der Waals surface area contributed by atoms with Gasteiger partial charge in [0.2, 0.25) is 11.8 Å². The van der Waals surface area contributed by atoms with E-state index in [0.29, 0.717) is 31.6 Å². The minimum atomic E-state index is -0.558. The lowest BCUT2D eigenvalue weighted by Gasteiger charge is -2.40. The zero-order valence-electron chi connectivity index (χ0n) is 22.4. The van der Waals surface area contributed by atoms with Gasteiger partial charge in [0.25, 0.3) is 0 Å². The number of anilines is 3. The highest BCUT2D eigenvalue weighted by Gasteiger charge is 2.34. The summed E-state index contributed by atoms with van der Waals surface area (Å²) in [7, 11) is 0. The molecule has 2 aliphatic heterocycles. The van der Waals surface area contributed by atoms with Gasteiger partial charge in [-0.2, -0.15) is 0 Å². The summed E-state index contributed by atoms with van der Waals surface area (Å²) in [5, 5.41) is 6.59. The topological polar surface area (TPSA) is 91.0 Å². The molecule has 37 heavy (non-hydrogen) atoms. The second-order valence-electron chi connectivity index (χ2n) is 10.9. The van der Waals surface area contributed by atoms with Gasteiger partial charge < -0.3 is 25.2 Å². The van der Waals surface area contributed by atoms with Gasteiger partial charge in [0.05, 0.1) is 12.0 Å². The van der Waals surface area contributed by atoms with E-state index in [2.05, 4.69) is 23.6 Å². The second kappa shape index (κ2) is 10.8. The molecule has 0 aliphatic carbocycles. The summed E-state index contributed by atoms with van der Waals surface area (Å²) in [6.45, 7) is 10.4. The van der Waals surface area contributed by atoms with Crippen LogP contribution < -0.4 is 15.5 Å². The van der Waals surface area contributed by atoms with Crippen molar-refractivity contribution in [3.63, 3.8) is 0 Å². The van der Waals surface area contributed by atoms with Crippen LogP contribution in [0, 0.1) is 5.92 Å². The molecule has 3 amide bonds. The lowest BCUT2D eigenvalue weighted by Crippen LogP contribution is -2.44. The molecule has 1 saturated heterocycles. The number of carbonyl (C=O) groups excluding carboxylic acids is 3. The molecule has 0 saturated carbocycles. The number of rotatable bonds is 5. The quantitative estimate of drug-likeness (QED) is 0.553. The van der Waals surface area contributed by atoms with Crippen LogP contribution in [0.1, 0.15) is 65.5 Å². The zero-order chi connectivity index (χ0) is 26.7. The van der Waals surface area contributed by atoms with E-state index >= 15 is 0 Å². The highest BCUT2D eigenvalue weighted by Crippen LogP contribution is 2.39. The van der Waals surface area contributed by atoms with E-state index in [1.165, 1.54) is 0 Å². The Morgan fingerprint density at radius 1 is 1.03 bits per heavy atom. The number of carbonyl (C=O) groups is 3. The first-order chi connectivity index (χ1) is 17.6. The van der Waals surface area contributed by atoms with Gasteiger partial charge in [0.1, 0.15) is 5.60 Å². The molecule has 0 spiro atoms. The van der Waals surface area contributed by atoms with Crippen molar-refractivity contribution in [1.29, 1.82) is 0 Å². The van der Waals surface area contributed by atoms with E-state index in [1.54, 1.807) is 4.90 Å². The molecule has 2 heterocycles. The molecule has 2 N–H and O–H groups in total. The molecule has 1 fully saturated rings. The Bertz CT molecular complexity index is 1140. The highest BCUT2D eigenvalue weighted by molar-refractivity contribution is 5.95. The molecule has 3 atom stereocenters. The van der Waals surface area contributed by atoms with E-state index in [1.807, 2.05) is 75.1 Å². The number of benzene rings is 2. The van der Waals surface area contributed by atoms with Gasteiger partial charge in [-0.3, -0.25) is 9.59 Å². The highest BCUT2D eigenvalue weighted by atomic mass is 16.6. The SMILES string of the molecule is CCC(=O)N1c2ccccc2[C@H](Nc2ccc(NC(=O)[C@@H]3CCN(C(=O)OC(C)(C)C)C3)cc2)C[C@@H]1C. The summed E-state index contributed by atoms with van der Waals surface area (Å²) >= 11 is 0. The predicted molar refractivity (Wildman–Crippen MR) is 146 cm³/mol. The molecule has 0 unspecified atom stereocenters. The number of para-hydroxylation sites is 1. The summed E-state index contributed by atoms with van der Waals surface area (Å²) in [4.78, 5) is 41.2. The third kappa shape index (κ3) is 6.24. The van der Waals surface area contributed by atoms with Gasteiger partial charge in [0, 0.05) is 42.6 Å². The Kier molecular flexibility index (Phi) is 7.76. The molecule has 4 rings (SSSR count). The minimum absolute atomic E-state index is 0.0740. The summed E-state index contributed by atoms with van der Waals surface area (Å²) in [5.74, 6) is -0.225. The van der Waals surface area contributed by atoms with Crippen LogP contribution in [0.4, 0.5) is 21.9 Å². The molecular formula is C29H38N4O4. The van der Waals surface area contributed by atoms with Crippen molar-refractivity contribution in [3.05, 3.63) is 54.1 Å². The van der Waals surface area contributed by atoms with Crippen LogP contribution in [-0.4, -0.2) is 47.5 Å². The normalized spacial score (nSPS) is 21.3. The van der Waals surface area contributed by atoms with Crippen molar-refractivity contribution in [2.24, 2.45) is 5.92 Å². The van der Waals surface area contributed by atoms with Crippen molar-refractivity contribution in [2.75, 3.05) is 28.6 Å². The summed E-state index contributed by atoms with van der Waals surface area (Å²) in [6.07, 6.45) is 1.52. The van der Waals surface area contributed by atoms with Crippen LogP contribution in [0.25, 0.3) is 0 Å². The van der Waals surface area contributed by atoms with Crippen molar-refractivity contribution < 1.29 is 19.1 Å². The van der Waals surface area contributed by atoms with Gasteiger partial charge in [-0.05, 0) is 76.4 Å². The van der Waals surface area contributed by atoms with E-state index in [0.717, 1.165) is 23.4 Å². The first kappa shape index (κ1) is 26.5. The smallest absolute Gasteiger partial charge is 0.410 e. The lowest BCUT2D eigenvalue weighted by molar-refractivity contribution is -0.120. The fraction of sp³-hybridized carbons (Fsp3) is 0.483. The molecule has 8 nitrogen and oxygen atoms in total. The maximum absolute atomic E-state index is 12.8. The minimum Gasteiger partial charge on any atom is -0.444 e. The number of fused-ring (bicyclic) bond motifs is 1. The molecule has 8 heteroatoms. The van der Waals surface area contributed by atoms with E-state index in [4.69, 9.17) is 4.74 Å². The number of hydrogen-bond donors (Lipinski definition) is 2. The van der Waals surface area contributed by atoms with Gasteiger partial charge in [0.15, 0.2) is 0 Å². The number of ether oxygens (including phenoxy) is 1. The summed E-state index contributed by atoms with van der Waals surface area (Å²) < 4.78 is 5.42. The molecule has 0 aromatic heterocycles. The van der Waals surface area contributed by atoms with Crippen molar-refractivity contribution in [1.82, 2.24) is 4.90 Å². The van der Waals surface area contributed by atoms with Crippen molar-refractivity contribution in [3.8, 4) is 0 Å². The summed E-state index contributed by atoms with van der Waals surface area (Å²) in [6, 6.07) is 15.9. The fourth-order valence-corrected chi connectivity index (χ4v) is 5.06. The Balaban J connectivity index is 1.36. The molecule has 0 bridgehead atoms. The molecule has 2 aromatic rings. The van der Waals surface area contributed by atoms with Crippen LogP contribution >= 0.6 is 0 Å². The van der Waals surface area contributed by atoms with Crippen LogP contribution in [0.15, 0.2) is 48.5 Å². The first-order valence-corrected chi connectivity index (χ1v) is 13.1. The lowest BCUT2D eigenvalue weighted by atomic mass is 9.91. The van der Waals surface area contributed by atoms with Gasteiger partial charge >= 0.3 is 6.09 Å². The Labute approximate surface area is 219 Å². The number of nitrogens with zero attached hydrogens (tertiary/aromatic N) is 2. The maximum atomic E-state index is 12.8. The predicted octanol–water partition coefficient (Wildman–Crippen LogP) is 5.57. The average molecular weight is 507 g/mol. The maximum Gasteiger partial charge on any atom is 0.410 e. The van der Waals surface area contributed by atoms with E-state index < -0.39 is 5.60 Å². The third-order valence-corrected chi connectivity index (χ3v) is 6.86. The van der Waals surface area contributed by atoms with Crippen LogP contribution in [-0.2, 0) is 14.3 Å². The number of likely N-dealkylation sites (tertiary alicyclic amines) is 1. The molecule has 198 valence electrons. The van der Waals surface area contributed by atoms with Crippen LogP contribution in [0.3, 0.4) is 0 Å². The number of nitrogens with one attached hydrogen (secondary N) is 2. The van der Waals surface area contributed by atoms with Gasteiger partial charge in [-0.25, -0.2) is 4.79 Å². The van der Waals surface area contributed by atoms with Crippen LogP contribution in [0.5, 0.6) is 0 Å². The molecule has 2 aromatic carbocycles. The van der Waals surface area contributed by atoms with Crippen molar-refractivity contribution in [2.45, 2.75) is 71.6 Å². The monoisotopic (exact) mass is 506 g/mol. The van der Waals surface area contributed by atoms with E-state index in [9.17, 15) is 14.4 Å². The zero-order valence-corrected chi connectivity index (χ0v) is 22.4. The molecule has 0 radical (unpaired) electrons. The first-order valence-electron chi connectivity index (χ1n) is 13.1. The standard InChI is InChI=1S/C29H38N4O4/c1-6-26(34)33-19(2)17-24(23-9-7-8-10-25(23)33)30-21-11-13-22(14-12-21)31-27(35)20-15-16-32(18-20)28(36)37-29(3,4)5/h7-14,19-20,24,30H,6,15-18H2,1-5H3,(H,31,35)/t19-,20+,24+/m0/s1. The largest absolute Gasteiger partial charge is 0.444 e. The van der Waals surface area contributed by atoms with Gasteiger partial charge in [-0.15, -0.1) is 0 Å². The average Bonchev–Trinajstić information content (AvgIpc) is 3.35. The third-order valence-electron chi connectivity index (χ3n) is 6.86. The molecular weight excluding hydrogens is 468 g/mol.